The number of hydrogen-bond acceptors (Lipinski definition) is 5. The first-order valence-electron chi connectivity index (χ1n) is 9.23. The number of amides is 1. The summed E-state index contributed by atoms with van der Waals surface area (Å²) >= 11 is 0. The van der Waals surface area contributed by atoms with Crippen LogP contribution in [0, 0.1) is 11.6 Å². The summed E-state index contributed by atoms with van der Waals surface area (Å²) in [6.45, 7) is 0. The summed E-state index contributed by atoms with van der Waals surface area (Å²) in [6.07, 6.45) is 1.46. The highest BCUT2D eigenvalue weighted by molar-refractivity contribution is 6.51. The van der Waals surface area contributed by atoms with Gasteiger partial charge in [0.25, 0.3) is 11.7 Å². The first kappa shape index (κ1) is 20.2. The van der Waals surface area contributed by atoms with Gasteiger partial charge >= 0.3 is 0 Å². The van der Waals surface area contributed by atoms with Gasteiger partial charge in [0.15, 0.2) is 11.6 Å². The van der Waals surface area contributed by atoms with Gasteiger partial charge in [-0.05, 0) is 36.4 Å². The molecule has 31 heavy (non-hydrogen) atoms. The van der Waals surface area contributed by atoms with Gasteiger partial charge in [-0.15, -0.1) is 0 Å². The van der Waals surface area contributed by atoms with Crippen LogP contribution in [0.15, 0.2) is 72.4 Å². The number of aromatic nitrogens is 1. The SMILES string of the molecule is COc1cccc(/C(O)=C2\C(=O)C(=O)N(c3ccc(F)c(F)c3)C2c2ccccn2)c1. The molecule has 1 fully saturated rings. The van der Waals surface area contributed by atoms with E-state index in [1.165, 1.54) is 25.4 Å². The van der Waals surface area contributed by atoms with Crippen molar-refractivity contribution in [3.8, 4) is 5.75 Å². The number of methoxy groups -OCH3 is 1. The third-order valence-electron chi connectivity index (χ3n) is 4.94. The van der Waals surface area contributed by atoms with Crippen LogP contribution in [0.5, 0.6) is 5.75 Å². The molecule has 4 rings (SSSR count). The molecule has 2 aromatic carbocycles. The number of benzene rings is 2. The van der Waals surface area contributed by atoms with E-state index >= 15 is 0 Å². The normalized spacial score (nSPS) is 17.8. The molecular formula is C23H16F2N2O4. The van der Waals surface area contributed by atoms with Crippen molar-refractivity contribution in [3.05, 3.63) is 95.3 Å². The number of rotatable bonds is 4. The molecule has 1 aliphatic heterocycles. The van der Waals surface area contributed by atoms with E-state index in [1.807, 2.05) is 0 Å². The Morgan fingerprint density at radius 1 is 1.03 bits per heavy atom. The molecule has 1 amide bonds. The lowest BCUT2D eigenvalue weighted by Crippen LogP contribution is -2.30. The average molecular weight is 422 g/mol. The van der Waals surface area contributed by atoms with E-state index < -0.39 is 35.1 Å². The number of aliphatic hydroxyl groups excluding tert-OH is 1. The Hall–Kier alpha value is -4.07. The molecule has 1 saturated heterocycles. The van der Waals surface area contributed by atoms with Crippen molar-refractivity contribution in [3.63, 3.8) is 0 Å². The van der Waals surface area contributed by atoms with E-state index in [2.05, 4.69) is 4.98 Å². The molecule has 0 radical (unpaired) electrons. The number of aliphatic hydroxyl groups is 1. The van der Waals surface area contributed by atoms with Crippen molar-refractivity contribution in [1.82, 2.24) is 4.98 Å². The Morgan fingerprint density at radius 3 is 2.52 bits per heavy atom. The van der Waals surface area contributed by atoms with Crippen LogP contribution in [-0.4, -0.2) is 28.9 Å². The Morgan fingerprint density at radius 2 is 1.84 bits per heavy atom. The Balaban J connectivity index is 1.94. The maximum atomic E-state index is 13.9. The van der Waals surface area contributed by atoms with Gasteiger partial charge in [0, 0.05) is 23.5 Å². The average Bonchev–Trinajstić information content (AvgIpc) is 3.06. The summed E-state index contributed by atoms with van der Waals surface area (Å²) < 4.78 is 32.5. The minimum Gasteiger partial charge on any atom is -0.507 e. The molecule has 0 aliphatic carbocycles. The highest BCUT2D eigenvalue weighted by Gasteiger charge is 2.47. The Kier molecular flexibility index (Phi) is 5.21. The van der Waals surface area contributed by atoms with Crippen LogP contribution in [0.3, 0.4) is 0 Å². The second-order valence-electron chi connectivity index (χ2n) is 6.75. The highest BCUT2D eigenvalue weighted by atomic mass is 19.2. The fourth-order valence-corrected chi connectivity index (χ4v) is 3.48. The van der Waals surface area contributed by atoms with Crippen molar-refractivity contribution in [2.45, 2.75) is 6.04 Å². The fraction of sp³-hybridized carbons (Fsp3) is 0.0870. The largest absolute Gasteiger partial charge is 0.507 e. The number of pyridine rings is 1. The van der Waals surface area contributed by atoms with Gasteiger partial charge in [0.1, 0.15) is 17.6 Å². The topological polar surface area (TPSA) is 79.7 Å². The van der Waals surface area contributed by atoms with E-state index in [-0.39, 0.29) is 22.5 Å². The number of carbonyl (C=O) groups excluding carboxylic acids is 2. The summed E-state index contributed by atoms with van der Waals surface area (Å²) in [5.74, 6) is -4.23. The highest BCUT2D eigenvalue weighted by Crippen LogP contribution is 2.41. The summed E-state index contributed by atoms with van der Waals surface area (Å²) in [6, 6.07) is 12.9. The van der Waals surface area contributed by atoms with E-state index in [4.69, 9.17) is 4.74 Å². The molecule has 0 bridgehead atoms. The van der Waals surface area contributed by atoms with E-state index in [0.717, 1.165) is 17.0 Å². The molecule has 2 heterocycles. The molecule has 3 aromatic rings. The smallest absolute Gasteiger partial charge is 0.300 e. The molecule has 8 heteroatoms. The van der Waals surface area contributed by atoms with Crippen LogP contribution in [-0.2, 0) is 9.59 Å². The van der Waals surface area contributed by atoms with Crippen LogP contribution in [0.4, 0.5) is 14.5 Å². The lowest BCUT2D eigenvalue weighted by Gasteiger charge is -2.24. The first-order chi connectivity index (χ1) is 14.9. The summed E-state index contributed by atoms with van der Waals surface area (Å²) in [4.78, 5) is 31.1. The number of halogens is 2. The van der Waals surface area contributed by atoms with Gasteiger partial charge in [0.2, 0.25) is 0 Å². The first-order valence-corrected chi connectivity index (χ1v) is 9.23. The molecule has 1 aromatic heterocycles. The van der Waals surface area contributed by atoms with Crippen LogP contribution < -0.4 is 9.64 Å². The molecule has 1 N–H and O–H groups in total. The molecule has 1 unspecified atom stereocenters. The number of Topliss-reactive ketones (excluding diaryl/α,β-unsaturated/α-hetero) is 1. The number of nitrogens with zero attached hydrogens (tertiary/aromatic N) is 2. The lowest BCUT2D eigenvalue weighted by molar-refractivity contribution is -0.132. The molecular weight excluding hydrogens is 406 g/mol. The maximum Gasteiger partial charge on any atom is 0.300 e. The zero-order chi connectivity index (χ0) is 22.1. The van der Waals surface area contributed by atoms with E-state index in [0.29, 0.717) is 5.75 Å². The van der Waals surface area contributed by atoms with Gasteiger partial charge in [-0.2, -0.15) is 0 Å². The van der Waals surface area contributed by atoms with Crippen molar-refractivity contribution in [1.29, 1.82) is 0 Å². The van der Waals surface area contributed by atoms with Crippen molar-refractivity contribution in [2.24, 2.45) is 0 Å². The summed E-state index contributed by atoms with van der Waals surface area (Å²) in [5, 5.41) is 11.0. The third-order valence-corrected chi connectivity index (χ3v) is 4.94. The zero-order valence-electron chi connectivity index (χ0n) is 16.3. The van der Waals surface area contributed by atoms with Crippen LogP contribution in [0.2, 0.25) is 0 Å². The van der Waals surface area contributed by atoms with Gasteiger partial charge in [-0.1, -0.05) is 18.2 Å². The van der Waals surface area contributed by atoms with Crippen molar-refractivity contribution < 1.29 is 28.2 Å². The maximum absolute atomic E-state index is 13.9. The third kappa shape index (κ3) is 3.52. The summed E-state index contributed by atoms with van der Waals surface area (Å²) in [7, 11) is 1.45. The van der Waals surface area contributed by atoms with Gasteiger partial charge < -0.3 is 9.84 Å². The van der Waals surface area contributed by atoms with E-state index in [9.17, 15) is 23.5 Å². The second kappa shape index (κ2) is 7.98. The number of hydrogen-bond donors (Lipinski definition) is 1. The van der Waals surface area contributed by atoms with Crippen molar-refractivity contribution >= 4 is 23.1 Å². The van der Waals surface area contributed by atoms with Gasteiger partial charge in [-0.3, -0.25) is 19.5 Å². The Bertz CT molecular complexity index is 1210. The summed E-state index contributed by atoms with van der Waals surface area (Å²) in [5.41, 5.74) is 0.266. The number of anilines is 1. The van der Waals surface area contributed by atoms with Gasteiger partial charge in [0.05, 0.1) is 18.4 Å². The van der Waals surface area contributed by atoms with E-state index in [1.54, 1.807) is 36.4 Å². The van der Waals surface area contributed by atoms with Crippen LogP contribution >= 0.6 is 0 Å². The van der Waals surface area contributed by atoms with Crippen LogP contribution in [0.25, 0.3) is 5.76 Å². The standard InChI is InChI=1S/C23H16F2N2O4/c1-31-15-6-4-5-13(11-15)21(28)19-20(18-7-2-3-10-26-18)27(23(30)22(19)29)14-8-9-16(24)17(25)12-14/h2-12,20,28H,1H3/b21-19+. The Labute approximate surface area is 176 Å². The zero-order valence-corrected chi connectivity index (χ0v) is 16.3. The number of carbonyl (C=O) groups is 2. The molecule has 1 aliphatic rings. The van der Waals surface area contributed by atoms with Crippen LogP contribution in [0.1, 0.15) is 17.3 Å². The second-order valence-corrected chi connectivity index (χ2v) is 6.75. The monoisotopic (exact) mass is 422 g/mol. The molecule has 0 spiro atoms. The van der Waals surface area contributed by atoms with Gasteiger partial charge in [-0.25, -0.2) is 8.78 Å². The minimum atomic E-state index is -1.17. The molecule has 1 atom stereocenters. The lowest BCUT2D eigenvalue weighted by atomic mass is 9.98. The molecule has 0 saturated carbocycles. The van der Waals surface area contributed by atoms with Crippen molar-refractivity contribution in [2.75, 3.05) is 12.0 Å². The number of ether oxygens (including phenoxy) is 1. The molecule has 156 valence electrons. The number of ketones is 1. The fourth-order valence-electron chi connectivity index (χ4n) is 3.48. The quantitative estimate of drug-likeness (QED) is 0.391. The minimum absolute atomic E-state index is 0.0404. The predicted molar refractivity (Wildman–Crippen MR) is 108 cm³/mol. The molecule has 6 nitrogen and oxygen atoms in total. The predicted octanol–water partition coefficient (Wildman–Crippen LogP) is 3.99.